The highest BCUT2D eigenvalue weighted by molar-refractivity contribution is 7.33. The minimum absolute atomic E-state index is 0.635. The summed E-state index contributed by atoms with van der Waals surface area (Å²) >= 11 is 0. The molecule has 0 aliphatic rings. The second kappa shape index (κ2) is 6.94. The van der Waals surface area contributed by atoms with E-state index in [1.165, 1.54) is 0 Å². The summed E-state index contributed by atoms with van der Waals surface area (Å²) in [4.78, 5) is 21.5. The van der Waals surface area contributed by atoms with Crippen LogP contribution in [0.5, 0.6) is 0 Å². The first-order chi connectivity index (χ1) is 7.42. The number of Topliss-reactive ketones (excluding diaryl/α,β-unsaturated/α-hetero) is 2. The van der Waals surface area contributed by atoms with Gasteiger partial charge in [0.15, 0.2) is 11.6 Å². The highest BCUT2D eigenvalue weighted by Crippen LogP contribution is 2.29. The predicted molar refractivity (Wildman–Crippen MR) is 49.0 cm³/mol. The molecule has 0 saturated heterocycles. The van der Waals surface area contributed by atoms with Crippen LogP contribution in [0.4, 0.5) is 0 Å². The third kappa shape index (κ3) is 4.87. The second-order valence-corrected chi connectivity index (χ2v) is 3.49. The van der Waals surface area contributed by atoms with E-state index < -0.39 is 32.3 Å². The van der Waals surface area contributed by atoms with Crippen LogP contribution < -0.4 is 0 Å². The Morgan fingerprint density at radius 2 is 1.38 bits per heavy atom. The van der Waals surface area contributed by atoms with Gasteiger partial charge < -0.3 is 0 Å². The van der Waals surface area contributed by atoms with Crippen molar-refractivity contribution in [3.8, 4) is 0 Å². The van der Waals surface area contributed by atoms with Crippen molar-refractivity contribution in [3.63, 3.8) is 0 Å². The van der Waals surface area contributed by atoms with Gasteiger partial charge in [-0.3, -0.25) is 9.59 Å². The monoisotopic (exact) mass is 249 g/mol. The Kier molecular flexibility index (Phi) is 6.31. The minimum atomic E-state index is -2.86. The summed E-state index contributed by atoms with van der Waals surface area (Å²) in [5, 5.41) is 5.52. The Bertz CT molecular complexity index is 303. The second-order valence-electron chi connectivity index (χ2n) is 2.62. The fourth-order valence-electron chi connectivity index (χ4n) is 0.565. The fourth-order valence-corrected chi connectivity index (χ4v) is 1.33. The third-order valence-electron chi connectivity index (χ3n) is 1.30. The van der Waals surface area contributed by atoms with E-state index in [1.807, 2.05) is 0 Å². The Morgan fingerprint density at radius 1 is 1.06 bits per heavy atom. The molecule has 88 valence electrons. The van der Waals surface area contributed by atoms with Crippen LogP contribution in [0.15, 0.2) is 10.2 Å². The number of carbonyl (C=O) groups excluding carboxylic acids is 2. The maximum Gasteiger partial charge on any atom is 0.702 e. The summed E-state index contributed by atoms with van der Waals surface area (Å²) < 4.78 is 20.0. The molecule has 0 spiro atoms. The van der Waals surface area contributed by atoms with Crippen LogP contribution >= 0.6 is 8.25 Å². The molecule has 0 radical (unpaired) electrons. The van der Waals surface area contributed by atoms with Crippen molar-refractivity contribution in [3.05, 3.63) is 0 Å². The van der Waals surface area contributed by atoms with Gasteiger partial charge in [0.05, 0.1) is 0 Å². The fraction of sp³-hybridized carbons (Fsp3) is 0.667. The first-order valence-corrected chi connectivity index (χ1v) is 5.06. The van der Waals surface area contributed by atoms with Gasteiger partial charge in [0.1, 0.15) is 0 Å². The highest BCUT2D eigenvalue weighted by atomic mass is 31.1. The molecule has 0 aromatic carbocycles. The van der Waals surface area contributed by atoms with Crippen LogP contribution in [-0.4, -0.2) is 24.0 Å². The molecule has 0 heterocycles. The summed E-state index contributed by atoms with van der Waals surface area (Å²) in [6.07, 6.45) is -3.08. The lowest BCUT2D eigenvalue weighted by atomic mass is 10.4. The van der Waals surface area contributed by atoms with Crippen molar-refractivity contribution in [1.82, 2.24) is 0 Å². The molecule has 2 atom stereocenters. The first-order valence-electron chi connectivity index (χ1n) is 3.97. The summed E-state index contributed by atoms with van der Waals surface area (Å²) in [6, 6.07) is 0. The van der Waals surface area contributed by atoms with Gasteiger partial charge in [-0.25, -0.2) is 11.1 Å². The van der Waals surface area contributed by atoms with E-state index in [1.54, 1.807) is 0 Å². The van der Waals surface area contributed by atoms with Crippen molar-refractivity contribution in [2.24, 2.45) is 10.2 Å². The van der Waals surface area contributed by atoms with E-state index in [0.29, 0.717) is 0 Å². The van der Waals surface area contributed by atoms with Crippen molar-refractivity contribution in [2.75, 3.05) is 0 Å². The van der Waals surface area contributed by atoms with Crippen LogP contribution in [0.1, 0.15) is 13.8 Å². The van der Waals surface area contributed by atoms with Gasteiger partial charge in [0.25, 0.3) is 12.5 Å². The van der Waals surface area contributed by atoms with Gasteiger partial charge in [-0.05, 0) is 13.8 Å². The number of nitrogens with one attached hydrogen (secondary N) is 2. The number of carbonyl (C=O) groups is 2. The zero-order valence-corrected chi connectivity index (χ0v) is 9.43. The van der Waals surface area contributed by atoms with E-state index in [2.05, 4.69) is 19.3 Å². The van der Waals surface area contributed by atoms with Gasteiger partial charge in [-0.2, -0.15) is 10.2 Å². The average molecular weight is 249 g/mol. The Hall–Kier alpha value is -1.44. The number of ketones is 2. The molecule has 0 aliphatic carbocycles. The van der Waals surface area contributed by atoms with E-state index in [0.717, 1.165) is 13.8 Å². The van der Waals surface area contributed by atoms with Gasteiger partial charge >= 0.3 is 8.25 Å². The van der Waals surface area contributed by atoms with Crippen LogP contribution in [-0.2, 0) is 23.2 Å². The molecule has 9 nitrogen and oxygen atoms in total. The van der Waals surface area contributed by atoms with Crippen molar-refractivity contribution >= 4 is 19.8 Å². The summed E-state index contributed by atoms with van der Waals surface area (Å²) in [6.45, 7) is 2.17. The maximum atomic E-state index is 11.1. The molecule has 2 unspecified atom stereocenters. The minimum Gasteiger partial charge on any atom is -0.295 e. The number of nitrogens with zero attached hydrogens (tertiary/aromatic N) is 2. The number of hydrogen-bond donors (Lipinski definition) is 2. The topological polar surface area (TPSA) is 142 Å². The lowest BCUT2D eigenvalue weighted by Crippen LogP contribution is -2.19. The zero-order chi connectivity index (χ0) is 12.7. The van der Waals surface area contributed by atoms with Gasteiger partial charge in [0.2, 0.25) is 0 Å². The van der Waals surface area contributed by atoms with Crippen LogP contribution in [0.3, 0.4) is 0 Å². The number of rotatable bonds is 8. The molecule has 16 heavy (non-hydrogen) atoms. The predicted octanol–water partition coefficient (Wildman–Crippen LogP) is 1.57. The van der Waals surface area contributed by atoms with E-state index >= 15 is 0 Å². The quantitative estimate of drug-likeness (QED) is 0.495. The number of hydrogen-bond acceptors (Lipinski definition) is 9. The molecule has 0 aromatic heterocycles. The largest absolute Gasteiger partial charge is 0.702 e. The molecule has 0 saturated carbocycles. The van der Waals surface area contributed by atoms with Gasteiger partial charge in [-0.15, -0.1) is 0 Å². The molecule has 2 N–H and O–H groups in total. The van der Waals surface area contributed by atoms with Gasteiger partial charge in [0, 0.05) is 4.57 Å². The Morgan fingerprint density at radius 3 is 1.56 bits per heavy atom. The molecule has 0 aliphatic heterocycles. The maximum absolute atomic E-state index is 11.1. The molecule has 0 fully saturated rings. The summed E-state index contributed by atoms with van der Waals surface area (Å²) in [5.74, 6) is -1.27. The molecular formula is C6H10N4O5P+. The SMILES string of the molecule is CC(=O)C(N=N)O[P+](=O)OC(N=N)C(C)=O. The third-order valence-corrected chi connectivity index (χ3v) is 2.05. The average Bonchev–Trinajstić information content (AvgIpc) is 2.21. The standard InChI is InChI=1S/C6H10N4O5P/c1-3(11)5(9-7)14-16(13)15-6(10-8)4(2)12/h5-8H,1-2H3/q+1. The molecular weight excluding hydrogens is 239 g/mol. The Labute approximate surface area is 91.5 Å². The molecule has 0 bridgehead atoms. The summed E-state index contributed by atoms with van der Waals surface area (Å²) in [5.41, 5.74) is 13.1. The zero-order valence-electron chi connectivity index (χ0n) is 8.54. The first kappa shape index (κ1) is 14.6. The van der Waals surface area contributed by atoms with E-state index in [4.69, 9.17) is 11.1 Å². The molecule has 0 aromatic rings. The van der Waals surface area contributed by atoms with Crippen molar-refractivity contribution < 1.29 is 23.2 Å². The Balaban J connectivity index is 4.36. The van der Waals surface area contributed by atoms with Crippen molar-refractivity contribution in [2.45, 2.75) is 26.3 Å². The van der Waals surface area contributed by atoms with Crippen LogP contribution in [0.25, 0.3) is 0 Å². The van der Waals surface area contributed by atoms with Crippen LogP contribution in [0.2, 0.25) is 0 Å². The molecule has 0 amide bonds. The lowest BCUT2D eigenvalue weighted by Gasteiger charge is -1.99. The van der Waals surface area contributed by atoms with Crippen LogP contribution in [0, 0.1) is 11.1 Å². The lowest BCUT2D eigenvalue weighted by molar-refractivity contribution is -0.125. The van der Waals surface area contributed by atoms with Crippen molar-refractivity contribution in [1.29, 1.82) is 11.1 Å². The molecule has 0 rings (SSSR count). The highest BCUT2D eigenvalue weighted by Gasteiger charge is 2.35. The summed E-state index contributed by atoms with van der Waals surface area (Å²) in [7, 11) is -2.86. The van der Waals surface area contributed by atoms with Gasteiger partial charge in [-0.1, -0.05) is 9.05 Å². The molecule has 10 heteroatoms. The van der Waals surface area contributed by atoms with E-state index in [9.17, 15) is 14.2 Å². The van der Waals surface area contributed by atoms with E-state index in [-0.39, 0.29) is 0 Å². The smallest absolute Gasteiger partial charge is 0.295 e. The normalized spacial score (nSPS) is 14.8.